The lowest BCUT2D eigenvalue weighted by atomic mass is 9.89. The lowest BCUT2D eigenvalue weighted by molar-refractivity contribution is -0.150. The van der Waals surface area contributed by atoms with E-state index in [-0.39, 0.29) is 11.8 Å². The molecule has 3 nitrogen and oxygen atoms in total. The number of hydrogen-bond donors (Lipinski definition) is 0. The molecule has 0 unspecified atom stereocenters. The Morgan fingerprint density at radius 3 is 2.32 bits per heavy atom. The Morgan fingerprint density at radius 1 is 1.20 bits per heavy atom. The average Bonchev–Trinajstić information content (AvgIpc) is 2.66. The average molecular weight is 342 g/mol. The minimum atomic E-state index is -0.615. The summed E-state index contributed by atoms with van der Waals surface area (Å²) in [5.74, 6) is 0.285. The van der Waals surface area contributed by atoms with E-state index in [0.717, 1.165) is 23.1 Å². The third-order valence-electron chi connectivity index (χ3n) is 4.72. The molecule has 0 aromatic heterocycles. The van der Waals surface area contributed by atoms with Crippen molar-refractivity contribution in [2.45, 2.75) is 68.2 Å². The highest BCUT2D eigenvalue weighted by atomic mass is 16.5. The minimum absolute atomic E-state index is 0.0587. The van der Waals surface area contributed by atoms with Crippen molar-refractivity contribution in [3.05, 3.63) is 40.1 Å². The van der Waals surface area contributed by atoms with E-state index in [9.17, 15) is 9.59 Å². The quantitative estimate of drug-likeness (QED) is 0.712. The maximum atomic E-state index is 12.9. The van der Waals surface area contributed by atoms with Crippen LogP contribution in [0.2, 0.25) is 0 Å². The lowest BCUT2D eigenvalue weighted by Gasteiger charge is -2.25. The molecule has 0 atom stereocenters. The third-order valence-corrected chi connectivity index (χ3v) is 4.72. The predicted molar refractivity (Wildman–Crippen MR) is 101 cm³/mol. The first-order chi connectivity index (χ1) is 11.4. The van der Waals surface area contributed by atoms with E-state index in [4.69, 9.17) is 4.74 Å². The van der Waals surface area contributed by atoms with Crippen LogP contribution in [-0.4, -0.2) is 11.8 Å². The van der Waals surface area contributed by atoms with Crippen LogP contribution in [0, 0.1) is 24.7 Å². The SMILES string of the molecule is CCc1cc(C)cc(C)c1C1=C(OC(=O)C(C)(C)C)C(C)(C)CC1=O. The molecule has 0 saturated heterocycles. The zero-order chi connectivity index (χ0) is 19.2. The smallest absolute Gasteiger partial charge is 0.316 e. The summed E-state index contributed by atoms with van der Waals surface area (Å²) in [5.41, 5.74) is 3.81. The van der Waals surface area contributed by atoms with Crippen molar-refractivity contribution in [3.63, 3.8) is 0 Å². The number of carbonyl (C=O) groups is 2. The molecule has 0 amide bonds. The molecule has 0 N–H and O–H groups in total. The molecule has 0 saturated carbocycles. The van der Waals surface area contributed by atoms with Gasteiger partial charge >= 0.3 is 5.97 Å². The van der Waals surface area contributed by atoms with Crippen molar-refractivity contribution in [1.29, 1.82) is 0 Å². The number of ether oxygens (including phenoxy) is 1. The van der Waals surface area contributed by atoms with Crippen LogP contribution in [-0.2, 0) is 20.7 Å². The minimum Gasteiger partial charge on any atom is -0.429 e. The predicted octanol–water partition coefficient (Wildman–Crippen LogP) is 5.17. The zero-order valence-corrected chi connectivity index (χ0v) is 16.8. The Labute approximate surface area is 151 Å². The van der Waals surface area contributed by atoms with Gasteiger partial charge in [0.05, 0.1) is 11.0 Å². The van der Waals surface area contributed by atoms with Crippen LogP contribution >= 0.6 is 0 Å². The van der Waals surface area contributed by atoms with Gasteiger partial charge in [-0.15, -0.1) is 0 Å². The summed E-state index contributed by atoms with van der Waals surface area (Å²) in [5, 5.41) is 0. The number of esters is 1. The topological polar surface area (TPSA) is 43.4 Å². The number of aryl methyl sites for hydroxylation is 3. The number of hydrogen-bond acceptors (Lipinski definition) is 3. The van der Waals surface area contributed by atoms with E-state index in [1.807, 2.05) is 41.5 Å². The first-order valence-corrected chi connectivity index (χ1v) is 8.99. The van der Waals surface area contributed by atoms with E-state index < -0.39 is 10.8 Å². The molecule has 0 bridgehead atoms. The largest absolute Gasteiger partial charge is 0.429 e. The summed E-state index contributed by atoms with van der Waals surface area (Å²) in [6.45, 7) is 15.6. The fourth-order valence-corrected chi connectivity index (χ4v) is 3.42. The van der Waals surface area contributed by atoms with E-state index >= 15 is 0 Å². The van der Waals surface area contributed by atoms with Gasteiger partial charge in [-0.05, 0) is 57.7 Å². The second kappa shape index (κ2) is 6.44. The molecule has 25 heavy (non-hydrogen) atoms. The maximum absolute atomic E-state index is 12.9. The van der Waals surface area contributed by atoms with Gasteiger partial charge in [0.2, 0.25) is 0 Å². The molecule has 1 aromatic carbocycles. The zero-order valence-electron chi connectivity index (χ0n) is 16.8. The number of benzene rings is 1. The molecule has 1 aliphatic rings. The van der Waals surface area contributed by atoms with Gasteiger partial charge in [-0.3, -0.25) is 9.59 Å². The molecule has 3 heteroatoms. The molecule has 1 aliphatic carbocycles. The van der Waals surface area contributed by atoms with Crippen LogP contribution in [0.5, 0.6) is 0 Å². The van der Waals surface area contributed by atoms with E-state index in [1.54, 1.807) is 0 Å². The first-order valence-electron chi connectivity index (χ1n) is 8.99. The summed E-state index contributed by atoms with van der Waals surface area (Å²) in [6.07, 6.45) is 1.20. The Hall–Kier alpha value is -1.90. The van der Waals surface area contributed by atoms with Crippen molar-refractivity contribution >= 4 is 17.3 Å². The van der Waals surface area contributed by atoms with Crippen LogP contribution in [0.4, 0.5) is 0 Å². The van der Waals surface area contributed by atoms with Gasteiger partial charge in [-0.2, -0.15) is 0 Å². The van der Waals surface area contributed by atoms with Crippen molar-refractivity contribution < 1.29 is 14.3 Å². The number of ketones is 1. The lowest BCUT2D eigenvalue weighted by Crippen LogP contribution is -2.26. The summed E-state index contributed by atoms with van der Waals surface area (Å²) in [7, 11) is 0. The molecule has 1 aromatic rings. The van der Waals surface area contributed by atoms with Crippen LogP contribution in [0.1, 0.15) is 70.2 Å². The monoisotopic (exact) mass is 342 g/mol. The van der Waals surface area contributed by atoms with Crippen LogP contribution in [0.15, 0.2) is 17.9 Å². The second-order valence-electron chi connectivity index (χ2n) is 8.80. The summed E-state index contributed by atoms with van der Waals surface area (Å²) in [4.78, 5) is 25.4. The number of carbonyl (C=O) groups excluding carboxylic acids is 2. The highest BCUT2D eigenvalue weighted by Gasteiger charge is 2.43. The fraction of sp³-hybridized carbons (Fsp3) is 0.545. The Kier molecular flexibility index (Phi) is 5.00. The van der Waals surface area contributed by atoms with Crippen molar-refractivity contribution in [1.82, 2.24) is 0 Å². The summed E-state index contributed by atoms with van der Waals surface area (Å²) >= 11 is 0. The van der Waals surface area contributed by atoms with Gasteiger partial charge in [0.25, 0.3) is 0 Å². The molecule has 0 radical (unpaired) electrons. The molecular formula is C22H30O3. The third kappa shape index (κ3) is 3.70. The van der Waals surface area contributed by atoms with Gasteiger partial charge < -0.3 is 4.74 Å². The second-order valence-corrected chi connectivity index (χ2v) is 8.80. The van der Waals surface area contributed by atoms with E-state index in [1.165, 1.54) is 5.56 Å². The van der Waals surface area contributed by atoms with Gasteiger partial charge in [-0.25, -0.2) is 0 Å². The fourth-order valence-electron chi connectivity index (χ4n) is 3.42. The van der Waals surface area contributed by atoms with Crippen molar-refractivity contribution in [2.75, 3.05) is 0 Å². The normalized spacial score (nSPS) is 17.2. The Balaban J connectivity index is 2.72. The number of rotatable bonds is 3. The summed E-state index contributed by atoms with van der Waals surface area (Å²) < 4.78 is 5.83. The Bertz CT molecular complexity index is 758. The first kappa shape index (κ1) is 19.4. The van der Waals surface area contributed by atoms with E-state index in [0.29, 0.717) is 17.8 Å². The Morgan fingerprint density at radius 2 is 1.80 bits per heavy atom. The highest BCUT2D eigenvalue weighted by Crippen LogP contribution is 2.47. The summed E-state index contributed by atoms with van der Waals surface area (Å²) in [6, 6.07) is 4.21. The molecular weight excluding hydrogens is 312 g/mol. The van der Waals surface area contributed by atoms with Gasteiger partial charge in [0, 0.05) is 11.8 Å². The standard InChI is InChI=1S/C22H30O3/c1-9-15-11-13(2)10-14(3)17(15)18-16(23)12-22(7,8)19(18)25-20(24)21(4,5)6/h10-11H,9,12H2,1-8H3. The molecule has 0 heterocycles. The van der Waals surface area contributed by atoms with E-state index in [2.05, 4.69) is 26.0 Å². The van der Waals surface area contributed by atoms with Crippen molar-refractivity contribution in [3.8, 4) is 0 Å². The molecule has 0 spiro atoms. The van der Waals surface area contributed by atoms with Gasteiger partial charge in [-0.1, -0.05) is 38.5 Å². The molecule has 0 aliphatic heterocycles. The van der Waals surface area contributed by atoms with Gasteiger partial charge in [0.15, 0.2) is 5.78 Å². The van der Waals surface area contributed by atoms with Crippen molar-refractivity contribution in [2.24, 2.45) is 10.8 Å². The number of Topliss-reactive ketones (excluding diaryl/α,β-unsaturated/α-hetero) is 1. The van der Waals surface area contributed by atoms with Crippen LogP contribution in [0.25, 0.3) is 5.57 Å². The number of allylic oxidation sites excluding steroid dienone is 2. The molecule has 0 fully saturated rings. The highest BCUT2D eigenvalue weighted by molar-refractivity contribution is 6.25. The van der Waals surface area contributed by atoms with Gasteiger partial charge in [0.1, 0.15) is 5.76 Å². The van der Waals surface area contributed by atoms with Crippen LogP contribution in [0.3, 0.4) is 0 Å². The molecule has 136 valence electrons. The molecule has 2 rings (SSSR count). The maximum Gasteiger partial charge on any atom is 0.316 e. The van der Waals surface area contributed by atoms with Crippen LogP contribution < -0.4 is 0 Å².